The summed E-state index contributed by atoms with van der Waals surface area (Å²) < 4.78 is 1.99. The molecule has 0 saturated heterocycles. The summed E-state index contributed by atoms with van der Waals surface area (Å²) in [4.78, 5) is 6.87. The number of aryl methyl sites for hydroxylation is 1. The van der Waals surface area contributed by atoms with E-state index in [1.807, 2.05) is 23.7 Å². The van der Waals surface area contributed by atoms with E-state index in [0.29, 0.717) is 6.04 Å². The molecule has 0 saturated carbocycles. The Bertz CT molecular complexity index is 541. The fraction of sp³-hybridized carbons (Fsp3) is 0.500. The van der Waals surface area contributed by atoms with Gasteiger partial charge in [0.2, 0.25) is 0 Å². The van der Waals surface area contributed by atoms with Crippen molar-refractivity contribution in [1.82, 2.24) is 19.5 Å². The fourth-order valence-corrected chi connectivity index (χ4v) is 2.26. The van der Waals surface area contributed by atoms with Crippen molar-refractivity contribution in [2.75, 3.05) is 0 Å². The van der Waals surface area contributed by atoms with Gasteiger partial charge in [0.1, 0.15) is 0 Å². The minimum absolute atomic E-state index is 0.569. The number of nitrogens with zero attached hydrogens (tertiary/aromatic N) is 4. The van der Waals surface area contributed by atoms with Gasteiger partial charge < -0.3 is 0 Å². The Morgan fingerprint density at radius 2 is 2.12 bits per heavy atom. The van der Waals surface area contributed by atoms with Crippen LogP contribution in [0, 0.1) is 6.92 Å². The van der Waals surface area contributed by atoms with Crippen LogP contribution in [0.25, 0.3) is 5.65 Å². The van der Waals surface area contributed by atoms with Gasteiger partial charge in [-0.05, 0) is 20.8 Å². The van der Waals surface area contributed by atoms with E-state index in [2.05, 4.69) is 28.8 Å². The van der Waals surface area contributed by atoms with Crippen LogP contribution in [0.3, 0.4) is 0 Å². The second kappa shape index (κ2) is 3.28. The first-order chi connectivity index (χ1) is 7.65. The van der Waals surface area contributed by atoms with Crippen LogP contribution in [-0.4, -0.2) is 25.5 Å². The lowest BCUT2D eigenvalue weighted by Crippen LogP contribution is -2.24. The van der Waals surface area contributed by atoms with Gasteiger partial charge in [0.15, 0.2) is 5.65 Å². The molecule has 0 aliphatic carbocycles. The van der Waals surface area contributed by atoms with E-state index in [0.717, 1.165) is 24.4 Å². The van der Waals surface area contributed by atoms with E-state index in [4.69, 9.17) is 0 Å². The normalized spacial score (nSPS) is 16.2. The third-order valence-electron chi connectivity index (χ3n) is 3.25. The van der Waals surface area contributed by atoms with E-state index in [-0.39, 0.29) is 0 Å². The van der Waals surface area contributed by atoms with Crippen LogP contribution in [0.15, 0.2) is 12.3 Å². The second-order valence-electron chi connectivity index (χ2n) is 4.78. The summed E-state index contributed by atoms with van der Waals surface area (Å²) in [5.74, 6) is 0. The minimum Gasteiger partial charge on any atom is -0.291 e. The summed E-state index contributed by atoms with van der Waals surface area (Å²) in [7, 11) is 0. The highest BCUT2D eigenvalue weighted by Crippen LogP contribution is 2.24. The van der Waals surface area contributed by atoms with Crippen LogP contribution in [0.4, 0.5) is 0 Å². The second-order valence-corrected chi connectivity index (χ2v) is 4.78. The Labute approximate surface area is 94.9 Å². The smallest absolute Gasteiger partial charge is 0.155 e. The van der Waals surface area contributed by atoms with Crippen LogP contribution in [-0.2, 0) is 13.1 Å². The third kappa shape index (κ3) is 1.33. The summed E-state index contributed by atoms with van der Waals surface area (Å²) in [6.07, 6.45) is 1.99. The molecule has 16 heavy (non-hydrogen) atoms. The zero-order valence-electron chi connectivity index (χ0n) is 9.94. The number of rotatable bonds is 1. The first-order valence-corrected chi connectivity index (χ1v) is 5.72. The standard InChI is InChI=1S/C12H16N4/c1-8(2)15-6-10-5-13-12-4-9(3)14-16(12)11(10)7-15/h4-5,8H,6-7H2,1-3H3. The molecule has 2 aromatic rings. The quantitative estimate of drug-likeness (QED) is 0.728. The van der Waals surface area contributed by atoms with Gasteiger partial charge in [-0.2, -0.15) is 5.10 Å². The van der Waals surface area contributed by atoms with Crippen molar-refractivity contribution in [3.05, 3.63) is 29.2 Å². The Kier molecular flexibility index (Phi) is 2.01. The fourth-order valence-electron chi connectivity index (χ4n) is 2.26. The van der Waals surface area contributed by atoms with E-state index in [1.54, 1.807) is 0 Å². The molecule has 4 heteroatoms. The molecule has 3 heterocycles. The van der Waals surface area contributed by atoms with Gasteiger partial charge >= 0.3 is 0 Å². The zero-order valence-corrected chi connectivity index (χ0v) is 9.94. The Morgan fingerprint density at radius 3 is 2.88 bits per heavy atom. The first-order valence-electron chi connectivity index (χ1n) is 5.72. The summed E-state index contributed by atoms with van der Waals surface area (Å²) in [5, 5.41) is 4.51. The lowest BCUT2D eigenvalue weighted by Gasteiger charge is -2.18. The maximum absolute atomic E-state index is 4.51. The molecule has 0 unspecified atom stereocenters. The molecule has 0 fully saturated rings. The van der Waals surface area contributed by atoms with E-state index in [1.165, 1.54) is 11.3 Å². The molecule has 0 bridgehead atoms. The van der Waals surface area contributed by atoms with E-state index < -0.39 is 0 Å². The number of aromatic nitrogens is 3. The Morgan fingerprint density at radius 1 is 1.31 bits per heavy atom. The SMILES string of the molecule is Cc1cc2ncc3c(n2n1)CN(C(C)C)C3. The van der Waals surface area contributed by atoms with Gasteiger partial charge in [0.05, 0.1) is 11.4 Å². The predicted octanol–water partition coefficient (Wildman–Crippen LogP) is 1.76. The van der Waals surface area contributed by atoms with Crippen LogP contribution >= 0.6 is 0 Å². The van der Waals surface area contributed by atoms with Gasteiger partial charge in [-0.25, -0.2) is 9.50 Å². The van der Waals surface area contributed by atoms with Crippen LogP contribution in [0.1, 0.15) is 30.8 Å². The Balaban J connectivity index is 2.13. The first kappa shape index (κ1) is 9.78. The van der Waals surface area contributed by atoms with Crippen LogP contribution in [0.2, 0.25) is 0 Å². The third-order valence-corrected chi connectivity index (χ3v) is 3.25. The van der Waals surface area contributed by atoms with Crippen LogP contribution in [0.5, 0.6) is 0 Å². The van der Waals surface area contributed by atoms with Gasteiger partial charge in [-0.15, -0.1) is 0 Å². The van der Waals surface area contributed by atoms with Crippen molar-refractivity contribution in [2.45, 2.75) is 39.9 Å². The van der Waals surface area contributed by atoms with Gasteiger partial charge in [0, 0.05) is 37.0 Å². The Hall–Kier alpha value is -1.42. The van der Waals surface area contributed by atoms with Crippen LogP contribution < -0.4 is 0 Å². The number of hydrogen-bond acceptors (Lipinski definition) is 3. The molecule has 84 valence electrons. The van der Waals surface area contributed by atoms with Gasteiger partial charge in [-0.1, -0.05) is 0 Å². The maximum atomic E-state index is 4.51. The van der Waals surface area contributed by atoms with Crippen molar-refractivity contribution in [3.63, 3.8) is 0 Å². The molecule has 0 amide bonds. The summed E-state index contributed by atoms with van der Waals surface area (Å²) >= 11 is 0. The molecule has 4 nitrogen and oxygen atoms in total. The molecule has 0 radical (unpaired) electrons. The molecular weight excluding hydrogens is 200 g/mol. The van der Waals surface area contributed by atoms with Gasteiger partial charge in [0.25, 0.3) is 0 Å². The molecule has 0 N–H and O–H groups in total. The van der Waals surface area contributed by atoms with Crippen molar-refractivity contribution < 1.29 is 0 Å². The average Bonchev–Trinajstić information content (AvgIpc) is 2.77. The molecular formula is C12H16N4. The highest BCUT2D eigenvalue weighted by Gasteiger charge is 2.24. The predicted molar refractivity (Wildman–Crippen MR) is 62.1 cm³/mol. The van der Waals surface area contributed by atoms with E-state index in [9.17, 15) is 0 Å². The monoisotopic (exact) mass is 216 g/mol. The lowest BCUT2D eigenvalue weighted by atomic mass is 10.3. The van der Waals surface area contributed by atoms with Crippen molar-refractivity contribution in [2.24, 2.45) is 0 Å². The molecule has 3 rings (SSSR count). The molecule has 0 aromatic carbocycles. The summed E-state index contributed by atoms with van der Waals surface area (Å²) in [6.45, 7) is 8.44. The largest absolute Gasteiger partial charge is 0.291 e. The van der Waals surface area contributed by atoms with Gasteiger partial charge in [-0.3, -0.25) is 4.90 Å². The number of fused-ring (bicyclic) bond motifs is 3. The molecule has 1 aliphatic rings. The summed E-state index contributed by atoms with van der Waals surface area (Å²) in [5.41, 5.74) is 4.60. The van der Waals surface area contributed by atoms with Crippen molar-refractivity contribution in [1.29, 1.82) is 0 Å². The average molecular weight is 216 g/mol. The molecule has 0 spiro atoms. The minimum atomic E-state index is 0.569. The molecule has 0 atom stereocenters. The van der Waals surface area contributed by atoms with Crippen molar-refractivity contribution >= 4 is 5.65 Å². The highest BCUT2D eigenvalue weighted by atomic mass is 15.3. The maximum Gasteiger partial charge on any atom is 0.155 e. The topological polar surface area (TPSA) is 33.4 Å². The number of hydrogen-bond donors (Lipinski definition) is 0. The van der Waals surface area contributed by atoms with E-state index >= 15 is 0 Å². The highest BCUT2D eigenvalue weighted by molar-refractivity contribution is 5.42. The molecule has 1 aliphatic heterocycles. The lowest BCUT2D eigenvalue weighted by molar-refractivity contribution is 0.225. The zero-order chi connectivity index (χ0) is 11.3. The molecule has 2 aromatic heterocycles. The van der Waals surface area contributed by atoms with Crippen molar-refractivity contribution in [3.8, 4) is 0 Å². The summed E-state index contributed by atoms with van der Waals surface area (Å²) in [6, 6.07) is 2.59.